The summed E-state index contributed by atoms with van der Waals surface area (Å²) in [6.07, 6.45) is 4.88. The second kappa shape index (κ2) is 2.32. The summed E-state index contributed by atoms with van der Waals surface area (Å²) in [7, 11) is 0. The first-order valence-electron chi connectivity index (χ1n) is 4.13. The van der Waals surface area contributed by atoms with Crippen LogP contribution < -0.4 is 0 Å². The Balaban J connectivity index is 1.99. The maximum absolute atomic E-state index is 11.0. The molecule has 0 bridgehead atoms. The standard InChI is InChI=1S/C8H12N2O/c1-9-8(11)10-6-4-2-3-5-7(6)10/h6-7H,1-5H2. The topological polar surface area (TPSA) is 32.4 Å². The first-order valence-corrected chi connectivity index (χ1v) is 4.13. The molecule has 1 aliphatic heterocycles. The Morgan fingerprint density at radius 1 is 1.36 bits per heavy atom. The third-order valence-electron chi connectivity index (χ3n) is 2.67. The quantitative estimate of drug-likeness (QED) is 0.382. The highest BCUT2D eigenvalue weighted by Gasteiger charge is 2.51. The highest BCUT2D eigenvalue weighted by atomic mass is 16.2. The molecule has 1 saturated carbocycles. The molecule has 0 aromatic carbocycles. The molecule has 0 aromatic heterocycles. The molecule has 0 aromatic rings. The summed E-state index contributed by atoms with van der Waals surface area (Å²) in [5.41, 5.74) is 0. The van der Waals surface area contributed by atoms with Crippen LogP contribution in [0.5, 0.6) is 0 Å². The third-order valence-corrected chi connectivity index (χ3v) is 2.67. The van der Waals surface area contributed by atoms with Crippen LogP contribution in [0.1, 0.15) is 25.7 Å². The average Bonchev–Trinajstić information content (AvgIpc) is 2.77. The minimum absolute atomic E-state index is 0.123. The predicted octanol–water partition coefficient (Wildman–Crippen LogP) is 1.43. The molecule has 1 heterocycles. The molecule has 0 N–H and O–H groups in total. The van der Waals surface area contributed by atoms with Crippen LogP contribution in [0.4, 0.5) is 4.79 Å². The second-order valence-corrected chi connectivity index (χ2v) is 3.27. The van der Waals surface area contributed by atoms with Crippen molar-refractivity contribution in [1.29, 1.82) is 0 Å². The highest BCUT2D eigenvalue weighted by molar-refractivity contribution is 5.82. The van der Waals surface area contributed by atoms with E-state index in [1.54, 1.807) is 0 Å². The minimum atomic E-state index is -0.123. The number of carbonyl (C=O) groups is 1. The summed E-state index contributed by atoms with van der Waals surface area (Å²) in [6.45, 7) is 3.24. The first kappa shape index (κ1) is 6.83. The van der Waals surface area contributed by atoms with Crippen LogP contribution in [-0.2, 0) is 0 Å². The Bertz CT molecular complexity index is 190. The summed E-state index contributed by atoms with van der Waals surface area (Å²) >= 11 is 0. The van der Waals surface area contributed by atoms with Gasteiger partial charge in [-0.1, -0.05) is 12.8 Å². The molecule has 0 spiro atoms. The Morgan fingerprint density at radius 2 is 1.91 bits per heavy atom. The Morgan fingerprint density at radius 3 is 2.36 bits per heavy atom. The van der Waals surface area contributed by atoms with Gasteiger partial charge in [0.1, 0.15) is 0 Å². The van der Waals surface area contributed by atoms with Crippen LogP contribution >= 0.6 is 0 Å². The van der Waals surface area contributed by atoms with E-state index in [0.29, 0.717) is 12.1 Å². The van der Waals surface area contributed by atoms with E-state index in [1.165, 1.54) is 25.7 Å². The molecular weight excluding hydrogens is 140 g/mol. The van der Waals surface area contributed by atoms with Crippen molar-refractivity contribution in [3.63, 3.8) is 0 Å². The monoisotopic (exact) mass is 152 g/mol. The lowest BCUT2D eigenvalue weighted by molar-refractivity contribution is 0.234. The van der Waals surface area contributed by atoms with Crippen molar-refractivity contribution >= 4 is 12.7 Å². The van der Waals surface area contributed by atoms with Crippen molar-refractivity contribution in [3.8, 4) is 0 Å². The van der Waals surface area contributed by atoms with E-state index in [9.17, 15) is 4.79 Å². The third kappa shape index (κ3) is 0.951. The molecule has 2 fully saturated rings. The molecule has 3 nitrogen and oxygen atoms in total. The van der Waals surface area contributed by atoms with Gasteiger partial charge in [-0.25, -0.2) is 9.79 Å². The molecule has 2 amide bonds. The molecule has 2 unspecified atom stereocenters. The van der Waals surface area contributed by atoms with Crippen LogP contribution in [0.3, 0.4) is 0 Å². The van der Waals surface area contributed by atoms with Crippen LogP contribution in [0.15, 0.2) is 4.99 Å². The van der Waals surface area contributed by atoms with Crippen LogP contribution in [0.2, 0.25) is 0 Å². The molecule has 60 valence electrons. The zero-order valence-electron chi connectivity index (χ0n) is 6.49. The summed E-state index contributed by atoms with van der Waals surface area (Å²) in [5, 5.41) is 0. The fourth-order valence-corrected chi connectivity index (χ4v) is 2.07. The van der Waals surface area contributed by atoms with Gasteiger partial charge in [0.05, 0.1) is 12.1 Å². The number of hydrogen-bond acceptors (Lipinski definition) is 1. The lowest BCUT2D eigenvalue weighted by Crippen LogP contribution is -2.08. The summed E-state index contributed by atoms with van der Waals surface area (Å²) in [6, 6.07) is 0.908. The van der Waals surface area contributed by atoms with Gasteiger partial charge >= 0.3 is 6.03 Å². The second-order valence-electron chi connectivity index (χ2n) is 3.27. The maximum atomic E-state index is 11.0. The number of rotatable bonds is 0. The lowest BCUT2D eigenvalue weighted by atomic mass is 10.0. The number of likely N-dealkylation sites (tertiary alicyclic amines) is 1. The molecular formula is C8H12N2O. The maximum Gasteiger partial charge on any atom is 0.343 e. The van der Waals surface area contributed by atoms with Crippen molar-refractivity contribution in [2.24, 2.45) is 4.99 Å². The van der Waals surface area contributed by atoms with E-state index in [2.05, 4.69) is 11.7 Å². The van der Waals surface area contributed by atoms with Crippen LogP contribution in [-0.4, -0.2) is 29.7 Å². The Kier molecular flexibility index (Phi) is 1.44. The number of fused-ring (bicyclic) bond motifs is 1. The van der Waals surface area contributed by atoms with E-state index in [4.69, 9.17) is 0 Å². The van der Waals surface area contributed by atoms with Crippen molar-refractivity contribution in [2.75, 3.05) is 0 Å². The number of carbonyl (C=O) groups excluding carboxylic acids is 1. The van der Waals surface area contributed by atoms with Gasteiger partial charge in [-0.2, -0.15) is 0 Å². The molecule has 11 heavy (non-hydrogen) atoms. The van der Waals surface area contributed by atoms with Gasteiger partial charge in [0.15, 0.2) is 0 Å². The van der Waals surface area contributed by atoms with E-state index < -0.39 is 0 Å². The van der Waals surface area contributed by atoms with E-state index in [-0.39, 0.29) is 6.03 Å². The summed E-state index contributed by atoms with van der Waals surface area (Å²) in [4.78, 5) is 16.3. The van der Waals surface area contributed by atoms with Crippen molar-refractivity contribution in [1.82, 2.24) is 4.90 Å². The van der Waals surface area contributed by atoms with Gasteiger partial charge in [0, 0.05) is 0 Å². The number of amides is 2. The molecule has 2 rings (SSSR count). The first-order chi connectivity index (χ1) is 5.34. The van der Waals surface area contributed by atoms with Crippen LogP contribution in [0.25, 0.3) is 0 Å². The Hall–Kier alpha value is -0.860. The predicted molar refractivity (Wildman–Crippen MR) is 42.8 cm³/mol. The van der Waals surface area contributed by atoms with Crippen molar-refractivity contribution < 1.29 is 4.79 Å². The smallest absolute Gasteiger partial charge is 0.313 e. The zero-order valence-corrected chi connectivity index (χ0v) is 6.49. The van der Waals surface area contributed by atoms with Crippen molar-refractivity contribution in [2.45, 2.75) is 37.8 Å². The van der Waals surface area contributed by atoms with E-state index in [1.807, 2.05) is 4.90 Å². The minimum Gasteiger partial charge on any atom is -0.313 e. The number of nitrogens with zero attached hydrogens (tertiary/aromatic N) is 2. The molecule has 2 atom stereocenters. The fourth-order valence-electron chi connectivity index (χ4n) is 2.07. The molecule has 0 radical (unpaired) electrons. The van der Waals surface area contributed by atoms with Gasteiger partial charge in [0.2, 0.25) is 0 Å². The molecule has 2 aliphatic rings. The van der Waals surface area contributed by atoms with E-state index in [0.717, 1.165) is 0 Å². The SMILES string of the molecule is C=NC(=O)N1C2CCCCC21. The average molecular weight is 152 g/mol. The van der Waals surface area contributed by atoms with Gasteiger partial charge in [-0.3, -0.25) is 0 Å². The van der Waals surface area contributed by atoms with Gasteiger partial charge < -0.3 is 4.90 Å². The number of aliphatic imine (C=N–C) groups is 1. The summed E-state index contributed by atoms with van der Waals surface area (Å²) in [5.74, 6) is 0. The van der Waals surface area contributed by atoms with Crippen molar-refractivity contribution in [3.05, 3.63) is 0 Å². The highest BCUT2D eigenvalue weighted by Crippen LogP contribution is 2.40. The molecule has 3 heteroatoms. The van der Waals surface area contributed by atoms with Gasteiger partial charge in [-0.15, -0.1) is 0 Å². The summed E-state index contributed by atoms with van der Waals surface area (Å²) < 4.78 is 0. The van der Waals surface area contributed by atoms with Crippen LogP contribution in [0, 0.1) is 0 Å². The Labute approximate surface area is 66.1 Å². The number of hydrogen-bond donors (Lipinski definition) is 0. The zero-order chi connectivity index (χ0) is 7.84. The largest absolute Gasteiger partial charge is 0.343 e. The van der Waals surface area contributed by atoms with Gasteiger partial charge in [-0.05, 0) is 19.6 Å². The fraction of sp³-hybridized carbons (Fsp3) is 0.750. The molecule has 1 aliphatic carbocycles. The molecule has 1 saturated heterocycles. The van der Waals surface area contributed by atoms with E-state index >= 15 is 0 Å². The number of urea groups is 1. The normalized spacial score (nSPS) is 34.4. The van der Waals surface area contributed by atoms with Gasteiger partial charge in [0.25, 0.3) is 0 Å². The lowest BCUT2D eigenvalue weighted by Gasteiger charge is -2.01.